The van der Waals surface area contributed by atoms with Crippen molar-refractivity contribution >= 4 is 33.6 Å². The van der Waals surface area contributed by atoms with Crippen molar-refractivity contribution in [1.29, 1.82) is 5.26 Å². The van der Waals surface area contributed by atoms with E-state index in [4.69, 9.17) is 4.74 Å². The van der Waals surface area contributed by atoms with Gasteiger partial charge in [0.2, 0.25) is 0 Å². The summed E-state index contributed by atoms with van der Waals surface area (Å²) >= 11 is 3.34. The Hall–Kier alpha value is -2.58. The van der Waals surface area contributed by atoms with E-state index < -0.39 is 5.91 Å². The number of amides is 1. The largest absolute Gasteiger partial charge is 0.497 e. The van der Waals surface area contributed by atoms with Gasteiger partial charge in [0.25, 0.3) is 5.91 Å². The van der Waals surface area contributed by atoms with Gasteiger partial charge in [0.1, 0.15) is 17.4 Å². The van der Waals surface area contributed by atoms with Gasteiger partial charge >= 0.3 is 0 Å². The predicted molar refractivity (Wildman–Crippen MR) is 94.1 cm³/mol. The van der Waals surface area contributed by atoms with Crippen LogP contribution in [-0.2, 0) is 4.79 Å². The lowest BCUT2D eigenvalue weighted by atomic mass is 10.1. The van der Waals surface area contributed by atoms with Gasteiger partial charge in [0.05, 0.1) is 7.11 Å². The number of hydrogen-bond donors (Lipinski definition) is 1. The molecule has 0 spiro atoms. The maximum Gasteiger partial charge on any atom is 0.266 e. The van der Waals surface area contributed by atoms with Crippen LogP contribution in [0.5, 0.6) is 5.75 Å². The molecule has 0 radical (unpaired) electrons. The Bertz CT molecular complexity index is 807. The average molecular weight is 371 g/mol. The summed E-state index contributed by atoms with van der Waals surface area (Å²) in [6, 6.07) is 14.6. The predicted octanol–water partition coefficient (Wildman–Crippen LogP) is 4.31. The summed E-state index contributed by atoms with van der Waals surface area (Å²) in [5, 5.41) is 12.0. The van der Waals surface area contributed by atoms with Gasteiger partial charge in [-0.3, -0.25) is 4.79 Å². The quantitative estimate of drug-likeness (QED) is 0.644. The van der Waals surface area contributed by atoms with Crippen molar-refractivity contribution in [2.75, 3.05) is 12.4 Å². The van der Waals surface area contributed by atoms with Crippen molar-refractivity contribution in [2.24, 2.45) is 0 Å². The summed E-state index contributed by atoms with van der Waals surface area (Å²) in [7, 11) is 1.59. The molecule has 1 N–H and O–H groups in total. The fraction of sp³-hybridized carbons (Fsp3) is 0.111. The van der Waals surface area contributed by atoms with Crippen LogP contribution in [0.15, 0.2) is 52.5 Å². The minimum atomic E-state index is -0.444. The number of benzene rings is 2. The van der Waals surface area contributed by atoms with E-state index in [1.54, 1.807) is 31.4 Å². The number of methoxy groups -OCH3 is 1. The maximum atomic E-state index is 12.3. The highest BCUT2D eigenvalue weighted by atomic mass is 79.9. The first-order chi connectivity index (χ1) is 11.0. The third-order valence-corrected chi connectivity index (χ3v) is 3.72. The number of hydrogen-bond acceptors (Lipinski definition) is 3. The number of nitriles is 1. The second-order valence-corrected chi connectivity index (χ2v) is 5.77. The summed E-state index contributed by atoms with van der Waals surface area (Å²) in [5.74, 6) is 0.289. The highest BCUT2D eigenvalue weighted by molar-refractivity contribution is 9.10. The standard InChI is InChI=1S/C18H15BrN2O2/c1-12-8-17(23-2)7-6-13(12)9-14(11-20)18(22)21-16-5-3-4-15(19)10-16/h3-10H,1-2H3,(H,21,22). The minimum absolute atomic E-state index is 0.0400. The van der Waals surface area contributed by atoms with Gasteiger partial charge in [0.15, 0.2) is 0 Å². The number of aryl methyl sites for hydroxylation is 1. The zero-order valence-corrected chi connectivity index (χ0v) is 14.3. The Morgan fingerprint density at radius 3 is 2.70 bits per heavy atom. The van der Waals surface area contributed by atoms with Crippen molar-refractivity contribution in [3.8, 4) is 11.8 Å². The number of rotatable bonds is 4. The van der Waals surface area contributed by atoms with Gasteiger partial charge in [-0.05, 0) is 54.5 Å². The van der Waals surface area contributed by atoms with E-state index in [0.29, 0.717) is 5.69 Å². The molecule has 0 bridgehead atoms. The van der Waals surface area contributed by atoms with Gasteiger partial charge in [0, 0.05) is 10.2 Å². The second kappa shape index (κ2) is 7.61. The first-order valence-electron chi connectivity index (χ1n) is 6.87. The van der Waals surface area contributed by atoms with Crippen LogP contribution < -0.4 is 10.1 Å². The van der Waals surface area contributed by atoms with Crippen LogP contribution in [0.2, 0.25) is 0 Å². The van der Waals surface area contributed by atoms with Gasteiger partial charge < -0.3 is 10.1 Å². The van der Waals surface area contributed by atoms with Crippen LogP contribution in [0.1, 0.15) is 11.1 Å². The molecule has 5 heteroatoms. The van der Waals surface area contributed by atoms with E-state index in [2.05, 4.69) is 21.2 Å². The smallest absolute Gasteiger partial charge is 0.266 e. The van der Waals surface area contributed by atoms with Crippen LogP contribution in [0.3, 0.4) is 0 Å². The fourth-order valence-corrected chi connectivity index (χ4v) is 2.41. The lowest BCUT2D eigenvalue weighted by Gasteiger charge is -2.07. The van der Waals surface area contributed by atoms with E-state index in [1.807, 2.05) is 37.3 Å². The number of carbonyl (C=O) groups is 1. The monoisotopic (exact) mass is 370 g/mol. The molecule has 0 aliphatic carbocycles. The highest BCUT2D eigenvalue weighted by Gasteiger charge is 2.10. The van der Waals surface area contributed by atoms with E-state index in [-0.39, 0.29) is 5.57 Å². The Morgan fingerprint density at radius 2 is 2.09 bits per heavy atom. The number of anilines is 1. The van der Waals surface area contributed by atoms with E-state index >= 15 is 0 Å². The van der Waals surface area contributed by atoms with Crippen LogP contribution >= 0.6 is 15.9 Å². The molecule has 0 saturated carbocycles. The van der Waals surface area contributed by atoms with E-state index in [9.17, 15) is 10.1 Å². The first kappa shape index (κ1) is 16.8. The number of ether oxygens (including phenoxy) is 1. The van der Waals surface area contributed by atoms with Crippen molar-refractivity contribution in [1.82, 2.24) is 0 Å². The fourth-order valence-electron chi connectivity index (χ4n) is 2.01. The molecule has 4 nitrogen and oxygen atoms in total. The average Bonchev–Trinajstić information content (AvgIpc) is 2.53. The second-order valence-electron chi connectivity index (χ2n) is 4.86. The summed E-state index contributed by atoms with van der Waals surface area (Å²) in [6.45, 7) is 1.90. The van der Waals surface area contributed by atoms with Gasteiger partial charge in [-0.25, -0.2) is 0 Å². The Kier molecular flexibility index (Phi) is 5.56. The topological polar surface area (TPSA) is 62.1 Å². The molecule has 0 atom stereocenters. The van der Waals surface area contributed by atoms with Crippen molar-refractivity contribution in [3.63, 3.8) is 0 Å². The molecule has 1 amide bonds. The Labute approximate surface area is 143 Å². The number of nitrogens with zero attached hydrogens (tertiary/aromatic N) is 1. The van der Waals surface area contributed by atoms with Crippen LogP contribution in [0.25, 0.3) is 6.08 Å². The molecule has 23 heavy (non-hydrogen) atoms. The molecule has 116 valence electrons. The number of nitrogens with one attached hydrogen (secondary N) is 1. The van der Waals surface area contributed by atoms with Crippen LogP contribution in [-0.4, -0.2) is 13.0 Å². The number of halogens is 1. The molecule has 2 aromatic rings. The molecular weight excluding hydrogens is 356 g/mol. The lowest BCUT2D eigenvalue weighted by molar-refractivity contribution is -0.112. The molecule has 2 rings (SSSR count). The first-order valence-corrected chi connectivity index (χ1v) is 7.66. The molecule has 0 saturated heterocycles. The van der Waals surface area contributed by atoms with Gasteiger partial charge in [-0.15, -0.1) is 0 Å². The zero-order chi connectivity index (χ0) is 16.8. The van der Waals surface area contributed by atoms with Crippen LogP contribution in [0.4, 0.5) is 5.69 Å². The summed E-state index contributed by atoms with van der Waals surface area (Å²) in [5.41, 5.74) is 2.38. The van der Waals surface area contributed by atoms with Gasteiger partial charge in [-0.2, -0.15) is 5.26 Å². The summed E-state index contributed by atoms with van der Waals surface area (Å²) in [4.78, 5) is 12.3. The maximum absolute atomic E-state index is 12.3. The molecule has 0 aliphatic rings. The highest BCUT2D eigenvalue weighted by Crippen LogP contribution is 2.20. The molecule has 0 aliphatic heterocycles. The van der Waals surface area contributed by atoms with Crippen molar-refractivity contribution < 1.29 is 9.53 Å². The molecule has 2 aromatic carbocycles. The molecule has 0 fully saturated rings. The Balaban J connectivity index is 2.25. The third kappa shape index (κ3) is 4.44. The third-order valence-electron chi connectivity index (χ3n) is 3.22. The lowest BCUT2D eigenvalue weighted by Crippen LogP contribution is -2.13. The molecule has 0 heterocycles. The molecule has 0 aromatic heterocycles. The SMILES string of the molecule is COc1ccc(C=C(C#N)C(=O)Nc2cccc(Br)c2)c(C)c1. The summed E-state index contributed by atoms with van der Waals surface area (Å²) < 4.78 is 6.00. The van der Waals surface area contributed by atoms with Crippen LogP contribution in [0, 0.1) is 18.3 Å². The zero-order valence-electron chi connectivity index (χ0n) is 12.8. The summed E-state index contributed by atoms with van der Waals surface area (Å²) in [6.07, 6.45) is 1.57. The number of carbonyl (C=O) groups excluding carboxylic acids is 1. The Morgan fingerprint density at radius 1 is 1.30 bits per heavy atom. The van der Waals surface area contributed by atoms with Gasteiger partial charge in [-0.1, -0.05) is 28.1 Å². The van der Waals surface area contributed by atoms with E-state index in [0.717, 1.165) is 21.3 Å². The molecule has 0 unspecified atom stereocenters. The normalized spacial score (nSPS) is 10.8. The van der Waals surface area contributed by atoms with Crippen molar-refractivity contribution in [2.45, 2.75) is 6.92 Å². The van der Waals surface area contributed by atoms with Crippen molar-refractivity contribution in [3.05, 3.63) is 63.6 Å². The van der Waals surface area contributed by atoms with E-state index in [1.165, 1.54) is 0 Å². The minimum Gasteiger partial charge on any atom is -0.497 e. The molecular formula is C18H15BrN2O2.